The van der Waals surface area contributed by atoms with E-state index in [1.54, 1.807) is 4.90 Å². The van der Waals surface area contributed by atoms with E-state index in [1.165, 1.54) is 12.2 Å². The quantitative estimate of drug-likeness (QED) is 0.840. The monoisotopic (exact) mass is 270 g/mol. The summed E-state index contributed by atoms with van der Waals surface area (Å²) < 4.78 is 0.143. The molecule has 0 aromatic rings. The van der Waals surface area contributed by atoms with Crippen molar-refractivity contribution in [1.29, 1.82) is 0 Å². The molecule has 0 bridgehead atoms. The van der Waals surface area contributed by atoms with Gasteiger partial charge in [0.1, 0.15) is 6.04 Å². The van der Waals surface area contributed by atoms with E-state index >= 15 is 0 Å². The van der Waals surface area contributed by atoms with Crippen LogP contribution in [0.5, 0.6) is 0 Å². The Morgan fingerprint density at radius 2 is 2.28 bits per heavy atom. The van der Waals surface area contributed by atoms with Crippen molar-refractivity contribution in [2.75, 3.05) is 18.8 Å². The van der Waals surface area contributed by atoms with Crippen LogP contribution in [0.1, 0.15) is 39.5 Å². The Hall–Kier alpha value is -0.710. The van der Waals surface area contributed by atoms with E-state index in [0.29, 0.717) is 6.54 Å². The minimum atomic E-state index is -0.300. The maximum Gasteiger partial charge on any atom is 0.245 e. The van der Waals surface area contributed by atoms with Gasteiger partial charge in [0.15, 0.2) is 0 Å². The van der Waals surface area contributed by atoms with Crippen molar-refractivity contribution >= 4 is 23.6 Å². The number of piperazine rings is 1. The summed E-state index contributed by atoms with van der Waals surface area (Å²) in [6.07, 6.45) is 4.01. The fourth-order valence-electron chi connectivity index (χ4n) is 2.76. The lowest BCUT2D eigenvalue weighted by molar-refractivity contribution is -0.144. The predicted octanol–water partition coefficient (Wildman–Crippen LogP) is 1.40. The molecule has 0 aromatic heterocycles. The van der Waals surface area contributed by atoms with Crippen LogP contribution in [0.25, 0.3) is 0 Å². The number of carbonyl (C=O) groups is 2. The summed E-state index contributed by atoms with van der Waals surface area (Å²) in [6, 6.07) is -0.300. The van der Waals surface area contributed by atoms with Crippen molar-refractivity contribution in [3.63, 3.8) is 0 Å². The summed E-state index contributed by atoms with van der Waals surface area (Å²) in [5, 5.41) is 2.80. The van der Waals surface area contributed by atoms with Gasteiger partial charge < -0.3 is 10.2 Å². The zero-order valence-corrected chi connectivity index (χ0v) is 12.0. The van der Waals surface area contributed by atoms with E-state index in [4.69, 9.17) is 0 Å². The van der Waals surface area contributed by atoms with Crippen molar-refractivity contribution in [2.24, 2.45) is 0 Å². The van der Waals surface area contributed by atoms with Gasteiger partial charge in [-0.3, -0.25) is 9.59 Å². The molecule has 2 atom stereocenters. The molecule has 2 saturated heterocycles. The van der Waals surface area contributed by atoms with E-state index in [2.05, 4.69) is 12.2 Å². The summed E-state index contributed by atoms with van der Waals surface area (Å²) in [4.78, 5) is 25.7. The van der Waals surface area contributed by atoms with Gasteiger partial charge in [-0.25, -0.2) is 0 Å². The van der Waals surface area contributed by atoms with Gasteiger partial charge in [-0.2, -0.15) is 11.8 Å². The normalized spacial score (nSPS) is 32.8. The number of carbonyl (C=O) groups excluding carboxylic acids is 2. The highest BCUT2D eigenvalue weighted by Crippen LogP contribution is 2.38. The number of hydrogen-bond acceptors (Lipinski definition) is 3. The first-order valence-corrected chi connectivity index (χ1v) is 7.75. The Morgan fingerprint density at radius 1 is 1.50 bits per heavy atom. The van der Waals surface area contributed by atoms with Crippen LogP contribution in [0.3, 0.4) is 0 Å². The van der Waals surface area contributed by atoms with Crippen molar-refractivity contribution in [2.45, 2.75) is 50.3 Å². The van der Waals surface area contributed by atoms with Crippen LogP contribution in [-0.2, 0) is 9.59 Å². The fraction of sp³-hybridized carbons (Fsp3) is 0.846. The third-order valence-electron chi connectivity index (χ3n) is 3.68. The van der Waals surface area contributed by atoms with Crippen molar-refractivity contribution in [1.82, 2.24) is 10.2 Å². The van der Waals surface area contributed by atoms with E-state index < -0.39 is 0 Å². The third-order valence-corrected chi connectivity index (χ3v) is 5.21. The average molecular weight is 270 g/mol. The number of hydrogen-bond donors (Lipinski definition) is 1. The number of amides is 2. The molecule has 2 rings (SSSR count). The zero-order valence-electron chi connectivity index (χ0n) is 11.2. The molecule has 2 amide bonds. The molecule has 4 nitrogen and oxygen atoms in total. The molecule has 1 N–H and O–H groups in total. The Kier molecular flexibility index (Phi) is 4.20. The molecule has 5 heteroatoms. The molecule has 0 aromatic carbocycles. The molecule has 2 aliphatic heterocycles. The summed E-state index contributed by atoms with van der Waals surface area (Å²) in [6.45, 7) is 5.19. The second-order valence-corrected chi connectivity index (χ2v) is 7.19. The van der Waals surface area contributed by atoms with E-state index in [9.17, 15) is 9.59 Å². The van der Waals surface area contributed by atoms with Crippen LogP contribution in [0.4, 0.5) is 0 Å². The number of rotatable bonds is 4. The maximum absolute atomic E-state index is 12.3. The van der Waals surface area contributed by atoms with E-state index in [0.717, 1.165) is 19.3 Å². The van der Waals surface area contributed by atoms with Gasteiger partial charge >= 0.3 is 0 Å². The highest BCUT2D eigenvalue weighted by Gasteiger charge is 2.38. The molecular weight excluding hydrogens is 248 g/mol. The SMILES string of the molecule is CCCC1NC(=O)CN(CC2(C)CCCS2)C1=O. The fourth-order valence-corrected chi connectivity index (χ4v) is 4.07. The van der Waals surface area contributed by atoms with Crippen LogP contribution in [-0.4, -0.2) is 46.3 Å². The molecule has 2 fully saturated rings. The third kappa shape index (κ3) is 2.99. The standard InChI is InChI=1S/C13H22N2O2S/c1-3-5-10-12(17)15(8-11(16)14-10)9-13(2)6-4-7-18-13/h10H,3-9H2,1-2H3,(H,14,16). The second-order valence-electron chi connectivity index (χ2n) is 5.50. The van der Waals surface area contributed by atoms with Gasteiger partial charge in [0, 0.05) is 11.3 Å². The first-order chi connectivity index (χ1) is 8.54. The smallest absolute Gasteiger partial charge is 0.245 e. The maximum atomic E-state index is 12.3. The molecule has 0 saturated carbocycles. The molecule has 2 heterocycles. The van der Waals surface area contributed by atoms with E-state index in [1.807, 2.05) is 18.7 Å². The molecule has 0 aliphatic carbocycles. The topological polar surface area (TPSA) is 49.4 Å². The van der Waals surface area contributed by atoms with Gasteiger partial charge in [-0.05, 0) is 31.9 Å². The largest absolute Gasteiger partial charge is 0.343 e. The van der Waals surface area contributed by atoms with Crippen molar-refractivity contribution < 1.29 is 9.59 Å². The van der Waals surface area contributed by atoms with Crippen LogP contribution < -0.4 is 5.32 Å². The summed E-state index contributed by atoms with van der Waals surface area (Å²) in [5.74, 6) is 1.26. The van der Waals surface area contributed by atoms with Crippen LogP contribution in [0.2, 0.25) is 0 Å². The molecule has 2 unspecified atom stereocenters. The first-order valence-electron chi connectivity index (χ1n) is 6.76. The van der Waals surface area contributed by atoms with Crippen LogP contribution >= 0.6 is 11.8 Å². The average Bonchev–Trinajstić information content (AvgIpc) is 2.72. The van der Waals surface area contributed by atoms with Crippen molar-refractivity contribution in [3.8, 4) is 0 Å². The van der Waals surface area contributed by atoms with Crippen LogP contribution in [0.15, 0.2) is 0 Å². The Balaban J connectivity index is 2.02. The van der Waals surface area contributed by atoms with Gasteiger partial charge in [-0.1, -0.05) is 13.3 Å². The van der Waals surface area contributed by atoms with Gasteiger partial charge in [-0.15, -0.1) is 0 Å². The molecule has 2 aliphatic rings. The number of thioether (sulfide) groups is 1. The predicted molar refractivity (Wildman–Crippen MR) is 73.5 cm³/mol. The first kappa shape index (κ1) is 13.7. The molecule has 0 spiro atoms. The number of nitrogens with zero attached hydrogens (tertiary/aromatic N) is 1. The zero-order chi connectivity index (χ0) is 13.2. The Labute approximate surface area is 113 Å². The molecule has 0 radical (unpaired) electrons. The minimum Gasteiger partial charge on any atom is -0.343 e. The lowest BCUT2D eigenvalue weighted by atomic mass is 10.0. The Morgan fingerprint density at radius 3 is 2.89 bits per heavy atom. The summed E-state index contributed by atoms with van der Waals surface area (Å²) >= 11 is 1.93. The number of nitrogens with one attached hydrogen (secondary N) is 1. The molecular formula is C13H22N2O2S. The summed E-state index contributed by atoms with van der Waals surface area (Å²) in [7, 11) is 0. The van der Waals surface area contributed by atoms with Gasteiger partial charge in [0.05, 0.1) is 6.54 Å². The lowest BCUT2D eigenvalue weighted by Crippen LogP contribution is -2.59. The van der Waals surface area contributed by atoms with Gasteiger partial charge in [0.25, 0.3) is 0 Å². The lowest BCUT2D eigenvalue weighted by Gasteiger charge is -2.37. The molecule has 102 valence electrons. The minimum absolute atomic E-state index is 0.0142. The second kappa shape index (κ2) is 5.51. The van der Waals surface area contributed by atoms with E-state index in [-0.39, 0.29) is 29.1 Å². The molecule has 18 heavy (non-hydrogen) atoms. The Bertz CT molecular complexity index is 340. The highest BCUT2D eigenvalue weighted by atomic mass is 32.2. The highest BCUT2D eigenvalue weighted by molar-refractivity contribution is 8.00. The van der Waals surface area contributed by atoms with Crippen LogP contribution in [0, 0.1) is 0 Å². The summed E-state index contributed by atoms with van der Waals surface area (Å²) in [5.41, 5.74) is 0. The van der Waals surface area contributed by atoms with Gasteiger partial charge in [0.2, 0.25) is 11.8 Å². The van der Waals surface area contributed by atoms with Crippen molar-refractivity contribution in [3.05, 3.63) is 0 Å².